The van der Waals surface area contributed by atoms with Crippen molar-refractivity contribution in [3.05, 3.63) is 47.8 Å². The highest BCUT2D eigenvalue weighted by Crippen LogP contribution is 2.24. The third kappa shape index (κ3) is 8.81. The van der Waals surface area contributed by atoms with Crippen molar-refractivity contribution in [2.45, 2.75) is 33.1 Å². The van der Waals surface area contributed by atoms with E-state index in [1.54, 1.807) is 29.9 Å². The Balaban J connectivity index is 0.00000392. The van der Waals surface area contributed by atoms with Crippen molar-refractivity contribution in [1.82, 2.24) is 20.4 Å². The Morgan fingerprint density at radius 3 is 2.71 bits per heavy atom. The molecule has 0 aliphatic heterocycles. The zero-order chi connectivity index (χ0) is 19.7. The molecule has 10 heteroatoms. The molecule has 1 aromatic heterocycles. The van der Waals surface area contributed by atoms with Gasteiger partial charge in [-0.15, -0.1) is 24.0 Å². The molecule has 156 valence electrons. The van der Waals surface area contributed by atoms with Gasteiger partial charge in [0.15, 0.2) is 12.6 Å². The molecule has 2 aromatic rings. The van der Waals surface area contributed by atoms with Crippen molar-refractivity contribution in [2.75, 3.05) is 19.7 Å². The van der Waals surface area contributed by atoms with Gasteiger partial charge in [-0.05, 0) is 31.5 Å². The Labute approximate surface area is 179 Å². The van der Waals surface area contributed by atoms with Gasteiger partial charge < -0.3 is 15.4 Å². The number of hydrogen-bond donors (Lipinski definition) is 2. The number of rotatable bonds is 8. The molecule has 0 spiro atoms. The van der Waals surface area contributed by atoms with Crippen molar-refractivity contribution in [2.24, 2.45) is 4.99 Å². The maximum Gasteiger partial charge on any atom is 0.422 e. The van der Waals surface area contributed by atoms with E-state index in [0.29, 0.717) is 31.2 Å². The fourth-order valence-corrected chi connectivity index (χ4v) is 2.31. The Morgan fingerprint density at radius 2 is 2.07 bits per heavy atom. The van der Waals surface area contributed by atoms with Crippen LogP contribution in [0.4, 0.5) is 13.2 Å². The third-order valence-electron chi connectivity index (χ3n) is 3.56. The number of nitrogens with one attached hydrogen (secondary N) is 2. The molecule has 0 aliphatic carbocycles. The zero-order valence-electron chi connectivity index (χ0n) is 15.8. The van der Waals surface area contributed by atoms with Gasteiger partial charge in [0.1, 0.15) is 5.75 Å². The lowest BCUT2D eigenvalue weighted by molar-refractivity contribution is -0.153. The van der Waals surface area contributed by atoms with Crippen molar-refractivity contribution >= 4 is 29.9 Å². The minimum Gasteiger partial charge on any atom is -0.484 e. The van der Waals surface area contributed by atoms with Crippen LogP contribution in [0.25, 0.3) is 0 Å². The normalized spacial score (nSPS) is 11.7. The van der Waals surface area contributed by atoms with Crippen LogP contribution in [0.1, 0.15) is 18.1 Å². The number of ether oxygens (including phenoxy) is 1. The molecule has 0 fully saturated rings. The molecule has 0 aliphatic rings. The highest BCUT2D eigenvalue weighted by atomic mass is 127. The van der Waals surface area contributed by atoms with Crippen molar-refractivity contribution in [3.8, 4) is 5.75 Å². The number of halogens is 4. The molecule has 1 aromatic carbocycles. The van der Waals surface area contributed by atoms with E-state index in [9.17, 15) is 13.2 Å². The zero-order valence-corrected chi connectivity index (χ0v) is 18.1. The molecule has 0 amide bonds. The largest absolute Gasteiger partial charge is 0.484 e. The molecule has 6 nitrogen and oxygen atoms in total. The first kappa shape index (κ1) is 24.1. The quantitative estimate of drug-likeness (QED) is 0.324. The van der Waals surface area contributed by atoms with E-state index in [0.717, 1.165) is 5.56 Å². The number of benzene rings is 1. The van der Waals surface area contributed by atoms with E-state index >= 15 is 0 Å². The molecule has 2 rings (SSSR count). The summed E-state index contributed by atoms with van der Waals surface area (Å²) >= 11 is 0. The number of guanidine groups is 1. The van der Waals surface area contributed by atoms with Crippen molar-refractivity contribution in [3.63, 3.8) is 0 Å². The molecule has 0 atom stereocenters. The molecular weight excluding hydrogens is 486 g/mol. The summed E-state index contributed by atoms with van der Waals surface area (Å²) in [5.74, 6) is 0.774. The summed E-state index contributed by atoms with van der Waals surface area (Å²) in [5.41, 5.74) is 1.42. The van der Waals surface area contributed by atoms with E-state index in [-0.39, 0.29) is 36.3 Å². The van der Waals surface area contributed by atoms with Gasteiger partial charge in [0.25, 0.3) is 0 Å². The monoisotopic (exact) mass is 511 g/mol. The van der Waals surface area contributed by atoms with Gasteiger partial charge in [0.05, 0.1) is 13.1 Å². The number of aromatic nitrogens is 2. The Kier molecular flexibility index (Phi) is 10.1. The summed E-state index contributed by atoms with van der Waals surface area (Å²) in [7, 11) is 0. The molecule has 2 N–H and O–H groups in total. The summed E-state index contributed by atoms with van der Waals surface area (Å²) in [6, 6.07) is 7.00. The minimum atomic E-state index is -4.38. The first-order valence-electron chi connectivity index (χ1n) is 8.66. The van der Waals surface area contributed by atoms with Gasteiger partial charge in [-0.25, -0.2) is 4.99 Å². The van der Waals surface area contributed by atoms with Crippen LogP contribution in [0.5, 0.6) is 5.75 Å². The van der Waals surface area contributed by atoms with Gasteiger partial charge in [-0.2, -0.15) is 18.3 Å². The lowest BCUT2D eigenvalue weighted by Gasteiger charge is -2.14. The summed E-state index contributed by atoms with van der Waals surface area (Å²) in [4.78, 5) is 4.44. The average molecular weight is 511 g/mol. The van der Waals surface area contributed by atoms with Crippen LogP contribution in [-0.4, -0.2) is 41.6 Å². The Bertz CT molecular complexity index is 735. The van der Waals surface area contributed by atoms with E-state index in [1.165, 1.54) is 0 Å². The lowest BCUT2D eigenvalue weighted by atomic mass is 10.1. The standard InChI is InChI=1S/C18H24F3N5O.HI/c1-3-22-17(23-8-10-26-9-4-7-25-26)24-12-15-6-5-14(2)11-16(15)27-13-18(19,20)21;/h4-7,9,11H,3,8,10,12-13H2,1-2H3,(H2,22,23,24);1H. The smallest absolute Gasteiger partial charge is 0.422 e. The fraction of sp³-hybridized carbons (Fsp3) is 0.444. The van der Waals surface area contributed by atoms with Crippen LogP contribution in [-0.2, 0) is 13.1 Å². The van der Waals surface area contributed by atoms with E-state index < -0.39 is 12.8 Å². The summed E-state index contributed by atoms with van der Waals surface area (Å²) < 4.78 is 44.1. The van der Waals surface area contributed by atoms with Gasteiger partial charge in [-0.3, -0.25) is 4.68 Å². The van der Waals surface area contributed by atoms with Gasteiger partial charge in [0.2, 0.25) is 0 Å². The minimum absolute atomic E-state index is 0. The van der Waals surface area contributed by atoms with E-state index in [4.69, 9.17) is 4.74 Å². The maximum absolute atomic E-state index is 12.5. The number of aliphatic imine (C=N–C) groups is 1. The number of nitrogens with zero attached hydrogens (tertiary/aromatic N) is 3. The topological polar surface area (TPSA) is 63.5 Å². The predicted molar refractivity (Wildman–Crippen MR) is 113 cm³/mol. The second-order valence-electron chi connectivity index (χ2n) is 5.91. The maximum atomic E-state index is 12.5. The number of alkyl halides is 3. The fourth-order valence-electron chi connectivity index (χ4n) is 2.31. The summed E-state index contributed by atoms with van der Waals surface area (Å²) in [6.07, 6.45) is -0.811. The molecule has 0 bridgehead atoms. The second kappa shape index (κ2) is 11.8. The van der Waals surface area contributed by atoms with Crippen LogP contribution >= 0.6 is 24.0 Å². The lowest BCUT2D eigenvalue weighted by Crippen LogP contribution is -2.38. The second-order valence-corrected chi connectivity index (χ2v) is 5.91. The van der Waals surface area contributed by atoms with Crippen LogP contribution in [0, 0.1) is 6.92 Å². The van der Waals surface area contributed by atoms with Crippen LogP contribution < -0.4 is 15.4 Å². The first-order chi connectivity index (χ1) is 12.9. The highest BCUT2D eigenvalue weighted by molar-refractivity contribution is 14.0. The molecule has 28 heavy (non-hydrogen) atoms. The highest BCUT2D eigenvalue weighted by Gasteiger charge is 2.28. The molecule has 0 saturated heterocycles. The van der Waals surface area contributed by atoms with Crippen molar-refractivity contribution < 1.29 is 17.9 Å². The Morgan fingerprint density at radius 1 is 1.29 bits per heavy atom. The molecule has 0 saturated carbocycles. The number of aryl methyl sites for hydroxylation is 1. The average Bonchev–Trinajstić information content (AvgIpc) is 3.11. The Hall–Kier alpha value is -1.98. The molecule has 0 radical (unpaired) electrons. The van der Waals surface area contributed by atoms with Gasteiger partial charge in [0, 0.05) is 31.0 Å². The number of hydrogen-bond acceptors (Lipinski definition) is 3. The molecular formula is C18H25F3IN5O. The van der Waals surface area contributed by atoms with Crippen LogP contribution in [0.2, 0.25) is 0 Å². The van der Waals surface area contributed by atoms with Crippen molar-refractivity contribution in [1.29, 1.82) is 0 Å². The first-order valence-corrected chi connectivity index (χ1v) is 8.66. The SMILES string of the molecule is CCNC(=NCc1ccc(C)cc1OCC(F)(F)F)NCCn1cccn1.I. The van der Waals surface area contributed by atoms with Gasteiger partial charge >= 0.3 is 6.18 Å². The van der Waals surface area contributed by atoms with Crippen LogP contribution in [0.3, 0.4) is 0 Å². The third-order valence-corrected chi connectivity index (χ3v) is 3.56. The van der Waals surface area contributed by atoms with Gasteiger partial charge in [-0.1, -0.05) is 12.1 Å². The molecule has 1 heterocycles. The predicted octanol–water partition coefficient (Wildman–Crippen LogP) is 3.51. The van der Waals surface area contributed by atoms with Crippen LogP contribution in [0.15, 0.2) is 41.7 Å². The molecule has 0 unspecified atom stereocenters. The van der Waals surface area contributed by atoms with E-state index in [2.05, 4.69) is 20.7 Å². The summed E-state index contributed by atoms with van der Waals surface area (Å²) in [5, 5.41) is 10.4. The van der Waals surface area contributed by atoms with E-state index in [1.807, 2.05) is 25.3 Å². The summed E-state index contributed by atoms with van der Waals surface area (Å²) in [6.45, 7) is 4.56.